The lowest BCUT2D eigenvalue weighted by atomic mass is 10.2. The van der Waals surface area contributed by atoms with E-state index >= 15 is 0 Å². The molecular formula is C20H20N2O4. The highest BCUT2D eigenvalue weighted by atomic mass is 16.5. The number of methoxy groups -OCH3 is 1. The van der Waals surface area contributed by atoms with Crippen molar-refractivity contribution in [1.29, 1.82) is 0 Å². The lowest BCUT2D eigenvalue weighted by Gasteiger charge is -2.09. The number of benzene rings is 2. The predicted octanol–water partition coefficient (Wildman–Crippen LogP) is 3.00. The number of nitrogens with one attached hydrogen (secondary N) is 1. The molecule has 1 aromatic heterocycles. The van der Waals surface area contributed by atoms with Crippen LogP contribution in [0.3, 0.4) is 0 Å². The van der Waals surface area contributed by atoms with Crippen LogP contribution in [-0.2, 0) is 22.6 Å². The molecule has 0 unspecified atom stereocenters. The van der Waals surface area contributed by atoms with Gasteiger partial charge in [-0.25, -0.2) is 4.98 Å². The molecule has 0 amide bonds. The Hall–Kier alpha value is -3.15. The van der Waals surface area contributed by atoms with Crippen LogP contribution < -0.4 is 10.3 Å². The van der Waals surface area contributed by atoms with Crippen LogP contribution in [0, 0.1) is 0 Å². The third kappa shape index (κ3) is 4.27. The molecule has 134 valence electrons. The summed E-state index contributed by atoms with van der Waals surface area (Å²) in [6.45, 7) is 0.175. The second kappa shape index (κ2) is 8.29. The van der Waals surface area contributed by atoms with Crippen molar-refractivity contribution in [3.05, 3.63) is 70.3 Å². The van der Waals surface area contributed by atoms with E-state index in [1.54, 1.807) is 25.3 Å². The maximum Gasteiger partial charge on any atom is 0.306 e. The molecule has 1 N–H and O–H groups in total. The molecule has 3 aromatic rings. The number of esters is 1. The van der Waals surface area contributed by atoms with Crippen molar-refractivity contribution in [3.63, 3.8) is 0 Å². The van der Waals surface area contributed by atoms with E-state index in [0.29, 0.717) is 35.3 Å². The maximum atomic E-state index is 12.0. The molecular weight excluding hydrogens is 332 g/mol. The second-order valence-electron chi connectivity index (χ2n) is 5.86. The van der Waals surface area contributed by atoms with E-state index in [9.17, 15) is 9.59 Å². The molecule has 6 heteroatoms. The first-order valence-corrected chi connectivity index (χ1v) is 8.43. The third-order valence-corrected chi connectivity index (χ3v) is 4.04. The number of aryl methyl sites for hydroxylation is 1. The van der Waals surface area contributed by atoms with Crippen LogP contribution in [0.1, 0.15) is 24.2 Å². The zero-order valence-corrected chi connectivity index (χ0v) is 14.5. The van der Waals surface area contributed by atoms with E-state index in [4.69, 9.17) is 9.47 Å². The molecule has 0 radical (unpaired) electrons. The number of nitrogens with zero attached hydrogens (tertiary/aromatic N) is 1. The Balaban J connectivity index is 1.52. The van der Waals surface area contributed by atoms with Gasteiger partial charge in [-0.15, -0.1) is 0 Å². The number of fused-ring (bicyclic) bond motifs is 1. The Morgan fingerprint density at radius 2 is 1.88 bits per heavy atom. The SMILES string of the molecule is COc1ccccc1COC(=O)CCCc1nc2ccccc2c(=O)[nH]1. The number of aromatic amines is 1. The number of carbonyl (C=O) groups is 1. The number of carbonyl (C=O) groups excluding carboxylic acids is 1. The monoisotopic (exact) mass is 352 g/mol. The predicted molar refractivity (Wildman–Crippen MR) is 98.1 cm³/mol. The van der Waals surface area contributed by atoms with Crippen LogP contribution in [0.2, 0.25) is 0 Å². The summed E-state index contributed by atoms with van der Waals surface area (Å²) >= 11 is 0. The number of hydrogen-bond donors (Lipinski definition) is 1. The average molecular weight is 352 g/mol. The van der Waals surface area contributed by atoms with Crippen molar-refractivity contribution >= 4 is 16.9 Å². The second-order valence-corrected chi connectivity index (χ2v) is 5.86. The Bertz CT molecular complexity index is 965. The standard InChI is InChI=1S/C20H20N2O4/c1-25-17-10-5-2-7-14(17)13-26-19(23)12-6-11-18-21-16-9-4-3-8-15(16)20(24)22-18/h2-5,7-10H,6,11-13H2,1H3,(H,21,22,24). The van der Waals surface area contributed by atoms with Gasteiger partial charge < -0.3 is 14.5 Å². The molecule has 6 nitrogen and oxygen atoms in total. The summed E-state index contributed by atoms with van der Waals surface area (Å²) < 4.78 is 10.5. The summed E-state index contributed by atoms with van der Waals surface area (Å²) in [5, 5.41) is 0.562. The summed E-state index contributed by atoms with van der Waals surface area (Å²) in [5.74, 6) is 0.975. The Labute approximate surface area is 150 Å². The molecule has 0 saturated carbocycles. The Morgan fingerprint density at radius 1 is 1.12 bits per heavy atom. The molecule has 0 aliphatic rings. The fraction of sp³-hybridized carbons (Fsp3) is 0.250. The molecule has 3 rings (SSSR count). The van der Waals surface area contributed by atoms with Gasteiger partial charge in [-0.1, -0.05) is 30.3 Å². The van der Waals surface area contributed by atoms with Gasteiger partial charge >= 0.3 is 5.97 Å². The highest BCUT2D eigenvalue weighted by molar-refractivity contribution is 5.77. The van der Waals surface area contributed by atoms with Crippen LogP contribution in [0.25, 0.3) is 10.9 Å². The number of aromatic nitrogens is 2. The molecule has 2 aromatic carbocycles. The normalized spacial score (nSPS) is 10.7. The Morgan fingerprint density at radius 3 is 2.73 bits per heavy atom. The van der Waals surface area contributed by atoms with Gasteiger partial charge in [0.1, 0.15) is 18.2 Å². The summed E-state index contributed by atoms with van der Waals surface area (Å²) in [6, 6.07) is 14.6. The molecule has 0 aliphatic heterocycles. The lowest BCUT2D eigenvalue weighted by Crippen LogP contribution is -2.12. The van der Waals surface area contributed by atoms with Crippen molar-refractivity contribution in [1.82, 2.24) is 9.97 Å². The first-order valence-electron chi connectivity index (χ1n) is 8.43. The molecule has 0 fully saturated rings. The van der Waals surface area contributed by atoms with Gasteiger partial charge in [0.2, 0.25) is 0 Å². The van der Waals surface area contributed by atoms with E-state index < -0.39 is 0 Å². The van der Waals surface area contributed by atoms with Crippen LogP contribution in [0.5, 0.6) is 5.75 Å². The van der Waals surface area contributed by atoms with Crippen LogP contribution in [0.4, 0.5) is 0 Å². The average Bonchev–Trinajstić information content (AvgIpc) is 2.66. The molecule has 0 aliphatic carbocycles. The lowest BCUT2D eigenvalue weighted by molar-refractivity contribution is -0.145. The minimum atomic E-state index is -0.293. The van der Waals surface area contributed by atoms with Crippen LogP contribution in [-0.4, -0.2) is 23.0 Å². The van der Waals surface area contributed by atoms with Gasteiger partial charge in [-0.05, 0) is 24.6 Å². The van der Waals surface area contributed by atoms with E-state index in [-0.39, 0.29) is 24.6 Å². The van der Waals surface area contributed by atoms with E-state index in [2.05, 4.69) is 9.97 Å². The topological polar surface area (TPSA) is 81.3 Å². The van der Waals surface area contributed by atoms with Gasteiger partial charge in [0.25, 0.3) is 5.56 Å². The summed E-state index contributed by atoms with van der Waals surface area (Å²) in [6.07, 6.45) is 1.31. The van der Waals surface area contributed by atoms with Crippen LogP contribution in [0.15, 0.2) is 53.3 Å². The summed E-state index contributed by atoms with van der Waals surface area (Å²) in [5.41, 5.74) is 1.32. The number of H-pyrrole nitrogens is 1. The van der Waals surface area contributed by atoms with E-state index in [0.717, 1.165) is 5.56 Å². The van der Waals surface area contributed by atoms with Crippen LogP contribution >= 0.6 is 0 Å². The quantitative estimate of drug-likeness (QED) is 0.661. The first kappa shape index (κ1) is 17.7. The fourth-order valence-electron chi connectivity index (χ4n) is 2.71. The largest absolute Gasteiger partial charge is 0.496 e. The number of hydrogen-bond acceptors (Lipinski definition) is 5. The highest BCUT2D eigenvalue weighted by Gasteiger charge is 2.08. The van der Waals surface area contributed by atoms with Gasteiger partial charge in [-0.3, -0.25) is 9.59 Å². The number of rotatable bonds is 7. The smallest absolute Gasteiger partial charge is 0.306 e. The number of para-hydroxylation sites is 2. The van der Waals surface area contributed by atoms with Crippen molar-refractivity contribution in [2.45, 2.75) is 25.9 Å². The van der Waals surface area contributed by atoms with Gasteiger partial charge in [0, 0.05) is 18.4 Å². The molecule has 0 atom stereocenters. The molecule has 26 heavy (non-hydrogen) atoms. The number of ether oxygens (including phenoxy) is 2. The fourth-order valence-corrected chi connectivity index (χ4v) is 2.71. The molecule has 0 saturated heterocycles. The minimum absolute atomic E-state index is 0.163. The molecule has 0 bridgehead atoms. The van der Waals surface area contributed by atoms with E-state index in [1.165, 1.54) is 0 Å². The minimum Gasteiger partial charge on any atom is -0.496 e. The maximum absolute atomic E-state index is 12.0. The third-order valence-electron chi connectivity index (χ3n) is 4.04. The molecule has 0 spiro atoms. The van der Waals surface area contributed by atoms with Crippen molar-refractivity contribution in [3.8, 4) is 5.75 Å². The summed E-state index contributed by atoms with van der Waals surface area (Å²) in [4.78, 5) is 31.1. The zero-order valence-electron chi connectivity index (χ0n) is 14.5. The summed E-state index contributed by atoms with van der Waals surface area (Å²) in [7, 11) is 1.58. The van der Waals surface area contributed by atoms with Gasteiger partial charge in [0.05, 0.1) is 18.0 Å². The van der Waals surface area contributed by atoms with Crippen molar-refractivity contribution in [2.24, 2.45) is 0 Å². The zero-order chi connectivity index (χ0) is 18.4. The van der Waals surface area contributed by atoms with Crippen molar-refractivity contribution < 1.29 is 14.3 Å². The Kier molecular flexibility index (Phi) is 5.63. The highest BCUT2D eigenvalue weighted by Crippen LogP contribution is 2.18. The molecule has 1 heterocycles. The van der Waals surface area contributed by atoms with Gasteiger partial charge in [0.15, 0.2) is 0 Å². The van der Waals surface area contributed by atoms with Crippen molar-refractivity contribution in [2.75, 3.05) is 7.11 Å². The van der Waals surface area contributed by atoms with E-state index in [1.807, 2.05) is 30.3 Å². The first-order chi connectivity index (χ1) is 12.7. The van der Waals surface area contributed by atoms with Gasteiger partial charge in [-0.2, -0.15) is 0 Å².